The van der Waals surface area contributed by atoms with Crippen molar-refractivity contribution in [2.75, 3.05) is 7.11 Å². The lowest BCUT2D eigenvalue weighted by Crippen LogP contribution is -2.39. The summed E-state index contributed by atoms with van der Waals surface area (Å²) in [6.07, 6.45) is 0. The highest BCUT2D eigenvalue weighted by Gasteiger charge is 2.26. The number of nitrogens with one attached hydrogen (secondary N) is 1. The van der Waals surface area contributed by atoms with Crippen LogP contribution in [0.2, 0.25) is 5.02 Å². The number of benzene rings is 2. The van der Waals surface area contributed by atoms with E-state index in [1.165, 1.54) is 17.7 Å². The molecule has 31 heavy (non-hydrogen) atoms. The van der Waals surface area contributed by atoms with Crippen molar-refractivity contribution >= 4 is 23.5 Å². The van der Waals surface area contributed by atoms with E-state index in [-0.39, 0.29) is 12.1 Å². The number of amides is 1. The second-order valence-corrected chi connectivity index (χ2v) is 7.56. The molecule has 0 saturated carbocycles. The first-order valence-electron chi connectivity index (χ1n) is 9.71. The first-order chi connectivity index (χ1) is 14.8. The summed E-state index contributed by atoms with van der Waals surface area (Å²) in [6.45, 7) is 3.87. The normalized spacial score (nSPS) is 11.6. The molecule has 0 saturated heterocycles. The van der Waals surface area contributed by atoms with Crippen LogP contribution >= 0.6 is 11.6 Å². The Hall–Kier alpha value is -3.38. The smallest absolute Gasteiger partial charge is 0.333 e. The van der Waals surface area contributed by atoms with Crippen LogP contribution in [0.3, 0.4) is 0 Å². The van der Waals surface area contributed by atoms with Crippen molar-refractivity contribution in [2.24, 2.45) is 0 Å². The summed E-state index contributed by atoms with van der Waals surface area (Å²) < 4.78 is 6.36. The number of aryl methyl sites for hydroxylation is 1. The molecule has 0 aliphatic heterocycles. The van der Waals surface area contributed by atoms with Crippen LogP contribution in [0.5, 0.6) is 0 Å². The van der Waals surface area contributed by atoms with Gasteiger partial charge in [-0.15, -0.1) is 0 Å². The first kappa shape index (κ1) is 22.3. The SMILES string of the molecule is COC(=O)[C@@H](NC(=O)c1cc(C)c(C)n(Cc2ccccc2Cl)c1=O)c1ccccc1. The lowest BCUT2D eigenvalue weighted by Gasteiger charge is -2.19. The number of halogens is 1. The molecule has 1 aromatic heterocycles. The fourth-order valence-corrected chi connectivity index (χ4v) is 3.49. The summed E-state index contributed by atoms with van der Waals surface area (Å²) in [4.78, 5) is 38.5. The van der Waals surface area contributed by atoms with E-state index in [1.807, 2.05) is 32.0 Å². The van der Waals surface area contributed by atoms with Crippen molar-refractivity contribution in [1.29, 1.82) is 0 Å². The number of hydrogen-bond acceptors (Lipinski definition) is 4. The monoisotopic (exact) mass is 438 g/mol. The average Bonchev–Trinajstić information content (AvgIpc) is 2.78. The Bertz CT molecular complexity index is 1170. The Morgan fingerprint density at radius 1 is 1.06 bits per heavy atom. The lowest BCUT2D eigenvalue weighted by molar-refractivity contribution is -0.143. The van der Waals surface area contributed by atoms with E-state index in [2.05, 4.69) is 5.32 Å². The topological polar surface area (TPSA) is 77.4 Å². The van der Waals surface area contributed by atoms with Crippen molar-refractivity contribution in [2.45, 2.75) is 26.4 Å². The Morgan fingerprint density at radius 3 is 2.35 bits per heavy atom. The maximum atomic E-state index is 13.2. The van der Waals surface area contributed by atoms with E-state index >= 15 is 0 Å². The number of carbonyl (C=O) groups excluding carboxylic acids is 2. The molecule has 1 N–H and O–H groups in total. The minimum atomic E-state index is -1.03. The largest absolute Gasteiger partial charge is 0.467 e. The van der Waals surface area contributed by atoms with Gasteiger partial charge in [-0.3, -0.25) is 9.59 Å². The summed E-state index contributed by atoms with van der Waals surface area (Å²) in [6, 6.07) is 16.5. The van der Waals surface area contributed by atoms with E-state index in [1.54, 1.807) is 36.4 Å². The minimum Gasteiger partial charge on any atom is -0.467 e. The molecule has 1 atom stereocenters. The molecule has 0 spiro atoms. The second kappa shape index (κ2) is 9.62. The standard InChI is InChI=1S/C24H23ClN2O4/c1-15-13-19(22(28)26-21(24(30)31-3)17-9-5-4-6-10-17)23(29)27(16(15)2)14-18-11-7-8-12-20(18)25/h4-13,21H,14H2,1-3H3,(H,26,28)/t21-/m0/s1. The van der Waals surface area contributed by atoms with Crippen LogP contribution < -0.4 is 10.9 Å². The molecule has 1 heterocycles. The van der Waals surface area contributed by atoms with Gasteiger partial charge in [0.1, 0.15) is 5.56 Å². The van der Waals surface area contributed by atoms with Crippen LogP contribution in [0.1, 0.15) is 38.8 Å². The van der Waals surface area contributed by atoms with E-state index in [9.17, 15) is 14.4 Å². The summed E-state index contributed by atoms with van der Waals surface area (Å²) in [5.41, 5.74) is 2.31. The zero-order chi connectivity index (χ0) is 22.5. The van der Waals surface area contributed by atoms with Gasteiger partial charge in [0.25, 0.3) is 11.5 Å². The number of rotatable bonds is 6. The third-order valence-electron chi connectivity index (χ3n) is 5.19. The zero-order valence-electron chi connectivity index (χ0n) is 17.5. The molecule has 0 unspecified atom stereocenters. The molecular weight excluding hydrogens is 416 g/mol. The van der Waals surface area contributed by atoms with E-state index in [0.29, 0.717) is 10.6 Å². The quantitative estimate of drug-likeness (QED) is 0.593. The highest BCUT2D eigenvalue weighted by atomic mass is 35.5. The number of aromatic nitrogens is 1. The molecular formula is C24H23ClN2O4. The van der Waals surface area contributed by atoms with Gasteiger partial charge in [-0.25, -0.2) is 4.79 Å². The van der Waals surface area contributed by atoms with Gasteiger partial charge in [-0.05, 0) is 42.7 Å². The van der Waals surface area contributed by atoms with Crippen LogP contribution in [-0.4, -0.2) is 23.6 Å². The third kappa shape index (κ3) is 4.86. The highest BCUT2D eigenvalue weighted by molar-refractivity contribution is 6.31. The van der Waals surface area contributed by atoms with Crippen LogP contribution in [0.15, 0.2) is 65.5 Å². The molecule has 3 rings (SSSR count). The summed E-state index contributed by atoms with van der Waals surface area (Å²) >= 11 is 6.26. The van der Waals surface area contributed by atoms with Crippen molar-refractivity contribution in [3.63, 3.8) is 0 Å². The summed E-state index contributed by atoms with van der Waals surface area (Å²) in [7, 11) is 1.25. The fourth-order valence-electron chi connectivity index (χ4n) is 3.29. The third-order valence-corrected chi connectivity index (χ3v) is 5.56. The van der Waals surface area contributed by atoms with Gasteiger partial charge in [-0.1, -0.05) is 60.1 Å². The van der Waals surface area contributed by atoms with Gasteiger partial charge in [0, 0.05) is 10.7 Å². The molecule has 1 amide bonds. The maximum absolute atomic E-state index is 13.2. The van der Waals surface area contributed by atoms with Gasteiger partial charge < -0.3 is 14.6 Å². The van der Waals surface area contributed by atoms with Crippen molar-refractivity contribution in [3.05, 3.63) is 104 Å². The Labute approximate surface area is 185 Å². The van der Waals surface area contributed by atoms with Crippen LogP contribution in [0, 0.1) is 13.8 Å². The van der Waals surface area contributed by atoms with Crippen LogP contribution in [0.25, 0.3) is 0 Å². The number of esters is 1. The molecule has 160 valence electrons. The highest BCUT2D eigenvalue weighted by Crippen LogP contribution is 2.18. The second-order valence-electron chi connectivity index (χ2n) is 7.15. The average molecular weight is 439 g/mol. The van der Waals surface area contributed by atoms with Crippen molar-refractivity contribution in [1.82, 2.24) is 9.88 Å². The van der Waals surface area contributed by atoms with Gasteiger partial charge in [0.05, 0.1) is 13.7 Å². The number of ether oxygens (including phenoxy) is 1. The van der Waals surface area contributed by atoms with E-state index in [0.717, 1.165) is 16.8 Å². The van der Waals surface area contributed by atoms with Gasteiger partial charge in [-0.2, -0.15) is 0 Å². The summed E-state index contributed by atoms with van der Waals surface area (Å²) in [5, 5.41) is 3.18. The molecule has 0 radical (unpaired) electrons. The van der Waals surface area contributed by atoms with Crippen LogP contribution in [0.4, 0.5) is 0 Å². The van der Waals surface area contributed by atoms with E-state index < -0.39 is 23.5 Å². The minimum absolute atomic E-state index is 0.0556. The molecule has 0 aliphatic rings. The molecule has 3 aromatic rings. The molecule has 2 aromatic carbocycles. The summed E-state index contributed by atoms with van der Waals surface area (Å²) in [5.74, 6) is -1.28. The maximum Gasteiger partial charge on any atom is 0.333 e. The van der Waals surface area contributed by atoms with Gasteiger partial charge >= 0.3 is 5.97 Å². The molecule has 7 heteroatoms. The number of pyridine rings is 1. The molecule has 0 fully saturated rings. The lowest BCUT2D eigenvalue weighted by atomic mass is 10.1. The predicted octanol–water partition coefficient (Wildman–Crippen LogP) is 3.81. The van der Waals surface area contributed by atoms with Gasteiger partial charge in [0.15, 0.2) is 6.04 Å². The first-order valence-corrected chi connectivity index (χ1v) is 10.1. The molecule has 0 aliphatic carbocycles. The molecule has 6 nitrogen and oxygen atoms in total. The predicted molar refractivity (Wildman–Crippen MR) is 119 cm³/mol. The van der Waals surface area contributed by atoms with Crippen LogP contribution in [-0.2, 0) is 16.1 Å². The van der Waals surface area contributed by atoms with Crippen molar-refractivity contribution in [3.8, 4) is 0 Å². The zero-order valence-corrected chi connectivity index (χ0v) is 18.3. The Kier molecular flexibility index (Phi) is 6.92. The number of nitrogens with zero attached hydrogens (tertiary/aromatic N) is 1. The van der Waals surface area contributed by atoms with E-state index in [4.69, 9.17) is 16.3 Å². The Morgan fingerprint density at radius 2 is 1.71 bits per heavy atom. The number of methoxy groups -OCH3 is 1. The number of carbonyl (C=O) groups is 2. The van der Waals surface area contributed by atoms with Crippen molar-refractivity contribution < 1.29 is 14.3 Å². The van der Waals surface area contributed by atoms with Gasteiger partial charge in [0.2, 0.25) is 0 Å². The number of hydrogen-bond donors (Lipinski definition) is 1. The Balaban J connectivity index is 1.99. The fraction of sp³-hybridized carbons (Fsp3) is 0.208. The molecule has 0 bridgehead atoms.